The third kappa shape index (κ3) is 3.53. The van der Waals surface area contributed by atoms with Gasteiger partial charge in [-0.1, -0.05) is 54.4 Å². The molecule has 4 rings (SSSR count). The summed E-state index contributed by atoms with van der Waals surface area (Å²) in [5.41, 5.74) is -1.77. The molecule has 0 aliphatic heterocycles. The summed E-state index contributed by atoms with van der Waals surface area (Å²) in [4.78, 5) is 0. The molecule has 0 heterocycles. The second-order valence-electron chi connectivity index (χ2n) is 13.4. The molecular formula is C28H50O4. The summed E-state index contributed by atoms with van der Waals surface area (Å²) in [5.74, 6) is 3.56. The van der Waals surface area contributed by atoms with E-state index in [0.29, 0.717) is 42.4 Å². The molecule has 4 saturated carbocycles. The van der Waals surface area contributed by atoms with Crippen LogP contribution in [-0.2, 0) is 0 Å². The highest BCUT2D eigenvalue weighted by atomic mass is 16.3. The van der Waals surface area contributed by atoms with Crippen LogP contribution < -0.4 is 0 Å². The molecule has 4 nitrogen and oxygen atoms in total. The van der Waals surface area contributed by atoms with Crippen molar-refractivity contribution < 1.29 is 20.4 Å². The van der Waals surface area contributed by atoms with Crippen LogP contribution in [0, 0.1) is 52.3 Å². The second kappa shape index (κ2) is 8.50. The van der Waals surface area contributed by atoms with E-state index < -0.39 is 23.2 Å². The molecule has 4 aliphatic carbocycles. The Labute approximate surface area is 196 Å². The van der Waals surface area contributed by atoms with Crippen molar-refractivity contribution in [1.82, 2.24) is 0 Å². The Morgan fingerprint density at radius 3 is 2.19 bits per heavy atom. The van der Waals surface area contributed by atoms with Crippen molar-refractivity contribution in [1.29, 1.82) is 0 Å². The van der Waals surface area contributed by atoms with Crippen molar-refractivity contribution in [3.05, 3.63) is 0 Å². The van der Waals surface area contributed by atoms with Gasteiger partial charge in [0.15, 0.2) is 0 Å². The molecule has 0 spiro atoms. The Hall–Kier alpha value is -0.160. The lowest BCUT2D eigenvalue weighted by molar-refractivity contribution is -0.275. The van der Waals surface area contributed by atoms with Crippen molar-refractivity contribution >= 4 is 0 Å². The molecule has 4 fully saturated rings. The number of aliphatic hydroxyl groups excluding tert-OH is 3. The lowest BCUT2D eigenvalue weighted by Crippen LogP contribution is -2.70. The standard InChI is InChI=1S/C28H50O4/c1-16(2)17(3)7-8-18(4)21-9-10-22-20-13-25(31)28(32)15-19(29)11-12-26(28,5)23(20)14-24(30)27(21,22)6/h16-25,29-32H,7-15H2,1-6H3/t17-,18-,19+,20+,21-,22+,23+,24+,25-,26-,27-,28+/m1/s1. The van der Waals surface area contributed by atoms with E-state index in [0.717, 1.165) is 25.2 Å². The van der Waals surface area contributed by atoms with Gasteiger partial charge in [-0.3, -0.25) is 0 Å². The SMILES string of the molecule is CC(C)[C@H](C)CC[C@@H](C)[C@H]1CC[C@H]2[C@@H]3C[C@@H](O)[C@@]4(O)C[C@@H](O)CC[C@]4(C)[C@H]3C[C@H](O)[C@]12C. The molecule has 0 amide bonds. The first-order chi connectivity index (χ1) is 14.9. The van der Waals surface area contributed by atoms with Crippen molar-refractivity contribution in [2.24, 2.45) is 52.3 Å². The number of rotatable bonds is 5. The topological polar surface area (TPSA) is 80.9 Å². The quantitative estimate of drug-likeness (QED) is 0.486. The van der Waals surface area contributed by atoms with Crippen LogP contribution >= 0.6 is 0 Å². The van der Waals surface area contributed by atoms with Gasteiger partial charge in [0.05, 0.1) is 23.9 Å². The maximum Gasteiger partial charge on any atom is 0.0985 e. The van der Waals surface area contributed by atoms with Crippen LogP contribution in [0.4, 0.5) is 0 Å². The summed E-state index contributed by atoms with van der Waals surface area (Å²) in [6, 6.07) is 0. The van der Waals surface area contributed by atoms with Crippen molar-refractivity contribution in [2.75, 3.05) is 0 Å². The molecule has 0 saturated heterocycles. The Balaban J connectivity index is 1.57. The van der Waals surface area contributed by atoms with E-state index in [-0.39, 0.29) is 23.9 Å². The lowest BCUT2D eigenvalue weighted by atomic mass is 9.41. The van der Waals surface area contributed by atoms with Gasteiger partial charge in [-0.25, -0.2) is 0 Å². The first-order valence-electron chi connectivity index (χ1n) is 13.6. The van der Waals surface area contributed by atoms with Crippen molar-refractivity contribution in [2.45, 2.75) is 123 Å². The first kappa shape index (κ1) is 24.9. The predicted octanol–water partition coefficient (Wildman–Crippen LogP) is 4.77. The minimum Gasteiger partial charge on any atom is -0.393 e. The lowest BCUT2D eigenvalue weighted by Gasteiger charge is -2.66. The average Bonchev–Trinajstić information content (AvgIpc) is 3.08. The second-order valence-corrected chi connectivity index (χ2v) is 13.4. The molecule has 0 aromatic carbocycles. The normalized spacial score (nSPS) is 52.8. The number of hydrogen-bond donors (Lipinski definition) is 4. The fourth-order valence-corrected chi connectivity index (χ4v) is 9.25. The van der Waals surface area contributed by atoms with Gasteiger partial charge in [0.2, 0.25) is 0 Å². The summed E-state index contributed by atoms with van der Waals surface area (Å²) in [6.07, 6.45) is 6.12. The van der Waals surface area contributed by atoms with E-state index >= 15 is 0 Å². The van der Waals surface area contributed by atoms with Gasteiger partial charge in [0.25, 0.3) is 0 Å². The van der Waals surface area contributed by atoms with Crippen LogP contribution in [0.2, 0.25) is 0 Å². The highest BCUT2D eigenvalue weighted by molar-refractivity contribution is 5.18. The van der Waals surface area contributed by atoms with Crippen LogP contribution in [0.3, 0.4) is 0 Å². The zero-order chi connectivity index (χ0) is 23.6. The minimum atomic E-state index is -1.24. The first-order valence-corrected chi connectivity index (χ1v) is 13.6. The van der Waals surface area contributed by atoms with Crippen LogP contribution in [0.15, 0.2) is 0 Å². The average molecular weight is 451 g/mol. The molecule has 12 atom stereocenters. The molecule has 0 aromatic rings. The zero-order valence-electron chi connectivity index (χ0n) is 21.4. The molecule has 0 radical (unpaired) electrons. The van der Waals surface area contributed by atoms with E-state index in [1.807, 2.05) is 0 Å². The maximum absolute atomic E-state index is 11.7. The Kier molecular flexibility index (Phi) is 6.63. The molecule has 0 aromatic heterocycles. The minimum absolute atomic E-state index is 0.0959. The van der Waals surface area contributed by atoms with Crippen LogP contribution in [-0.4, -0.2) is 44.3 Å². The Morgan fingerprint density at radius 1 is 0.844 bits per heavy atom. The smallest absolute Gasteiger partial charge is 0.0985 e. The summed E-state index contributed by atoms with van der Waals surface area (Å²) in [7, 11) is 0. The highest BCUT2D eigenvalue weighted by Crippen LogP contribution is 2.69. The largest absolute Gasteiger partial charge is 0.393 e. The fourth-order valence-electron chi connectivity index (χ4n) is 9.25. The van der Waals surface area contributed by atoms with Gasteiger partial charge in [-0.05, 0) is 85.4 Å². The zero-order valence-corrected chi connectivity index (χ0v) is 21.4. The van der Waals surface area contributed by atoms with Crippen LogP contribution in [0.25, 0.3) is 0 Å². The summed E-state index contributed by atoms with van der Waals surface area (Å²) < 4.78 is 0. The van der Waals surface area contributed by atoms with Crippen molar-refractivity contribution in [3.8, 4) is 0 Å². The van der Waals surface area contributed by atoms with Gasteiger partial charge in [-0.2, -0.15) is 0 Å². The third-order valence-corrected chi connectivity index (χ3v) is 11.9. The third-order valence-electron chi connectivity index (χ3n) is 11.9. The van der Waals surface area contributed by atoms with Gasteiger partial charge in [-0.15, -0.1) is 0 Å². The maximum atomic E-state index is 11.7. The van der Waals surface area contributed by atoms with Crippen LogP contribution in [0.5, 0.6) is 0 Å². The molecule has 4 N–H and O–H groups in total. The van der Waals surface area contributed by atoms with E-state index in [4.69, 9.17) is 0 Å². The Bertz CT molecular complexity index is 680. The molecule has 4 aliphatic rings. The van der Waals surface area contributed by atoms with Crippen molar-refractivity contribution in [3.63, 3.8) is 0 Å². The summed E-state index contributed by atoms with van der Waals surface area (Å²) >= 11 is 0. The highest BCUT2D eigenvalue weighted by Gasteiger charge is 2.69. The summed E-state index contributed by atoms with van der Waals surface area (Å²) in [5, 5.41) is 44.8. The Morgan fingerprint density at radius 2 is 1.53 bits per heavy atom. The van der Waals surface area contributed by atoms with Gasteiger partial charge < -0.3 is 20.4 Å². The summed E-state index contributed by atoms with van der Waals surface area (Å²) in [6.45, 7) is 13.9. The van der Waals surface area contributed by atoms with Gasteiger partial charge >= 0.3 is 0 Å². The molecule has 32 heavy (non-hydrogen) atoms. The monoisotopic (exact) mass is 450 g/mol. The predicted molar refractivity (Wildman–Crippen MR) is 128 cm³/mol. The number of hydrogen-bond acceptors (Lipinski definition) is 4. The molecule has 4 heteroatoms. The van der Waals surface area contributed by atoms with E-state index in [1.54, 1.807) is 0 Å². The number of fused-ring (bicyclic) bond motifs is 5. The fraction of sp³-hybridized carbons (Fsp3) is 1.00. The van der Waals surface area contributed by atoms with E-state index in [9.17, 15) is 20.4 Å². The van der Waals surface area contributed by atoms with Gasteiger partial charge in [0, 0.05) is 11.8 Å². The molecular weight excluding hydrogens is 400 g/mol. The van der Waals surface area contributed by atoms with E-state index in [2.05, 4.69) is 41.5 Å². The molecule has 0 unspecified atom stereocenters. The van der Waals surface area contributed by atoms with Crippen LogP contribution in [0.1, 0.15) is 99.3 Å². The van der Waals surface area contributed by atoms with E-state index in [1.165, 1.54) is 19.3 Å². The van der Waals surface area contributed by atoms with Gasteiger partial charge in [0.1, 0.15) is 0 Å². The molecule has 186 valence electrons. The molecule has 0 bridgehead atoms. The number of aliphatic hydroxyl groups is 4.